The third-order valence-corrected chi connectivity index (χ3v) is 10.8. The van der Waals surface area contributed by atoms with E-state index in [4.69, 9.17) is 14.7 Å². The number of anilines is 1. The van der Waals surface area contributed by atoms with Crippen LogP contribution in [0, 0.1) is 5.92 Å². The second-order valence-corrected chi connectivity index (χ2v) is 13.9. The van der Waals surface area contributed by atoms with Crippen LogP contribution in [-0.4, -0.2) is 95.3 Å². The summed E-state index contributed by atoms with van der Waals surface area (Å²) in [6, 6.07) is 19.3. The van der Waals surface area contributed by atoms with Crippen LogP contribution in [0.3, 0.4) is 0 Å². The van der Waals surface area contributed by atoms with E-state index in [2.05, 4.69) is 51.3 Å². The molecule has 4 fully saturated rings. The Morgan fingerprint density at radius 2 is 1.83 bits per heavy atom. The van der Waals surface area contributed by atoms with Gasteiger partial charge in [-0.25, -0.2) is 0 Å². The highest BCUT2D eigenvalue weighted by atomic mass is 16.5. The van der Waals surface area contributed by atoms with Gasteiger partial charge >= 0.3 is 6.01 Å². The minimum absolute atomic E-state index is 0.216. The number of carbonyl (C=O) groups is 1. The van der Waals surface area contributed by atoms with Gasteiger partial charge in [0.25, 0.3) is 0 Å². The SMILES string of the molecule is CN1CCC[C@H]1COc1nc(N2[C@@H]3CC[C@H]2CN(C(=O)CC2CCCNC2)C3)c2ccc(-c3cc(O)cc4ccccc34)cc2n1. The predicted octanol–water partition coefficient (Wildman–Crippen LogP) is 5.20. The van der Waals surface area contributed by atoms with E-state index in [1.807, 2.05) is 24.3 Å². The number of benzene rings is 3. The number of ether oxygens (including phenoxy) is 1. The fourth-order valence-electron chi connectivity index (χ4n) is 8.34. The summed E-state index contributed by atoms with van der Waals surface area (Å²) in [4.78, 5) is 30.5. The monoisotopic (exact) mass is 620 g/mol. The van der Waals surface area contributed by atoms with Crippen molar-refractivity contribution < 1.29 is 14.6 Å². The third-order valence-electron chi connectivity index (χ3n) is 10.8. The summed E-state index contributed by atoms with van der Waals surface area (Å²) in [7, 11) is 2.16. The van der Waals surface area contributed by atoms with Gasteiger partial charge in [-0.05, 0) is 117 Å². The Morgan fingerprint density at radius 3 is 2.61 bits per heavy atom. The molecule has 1 amide bonds. The number of nitrogens with zero attached hydrogens (tertiary/aromatic N) is 5. The van der Waals surface area contributed by atoms with E-state index in [1.54, 1.807) is 6.07 Å². The molecule has 0 saturated carbocycles. The van der Waals surface area contributed by atoms with Crippen LogP contribution in [0.1, 0.15) is 44.9 Å². The van der Waals surface area contributed by atoms with E-state index in [1.165, 1.54) is 6.42 Å². The highest BCUT2D eigenvalue weighted by Gasteiger charge is 2.43. The number of aromatic nitrogens is 2. The normalized spacial score (nSPS) is 25.1. The molecule has 3 aromatic carbocycles. The topological polar surface area (TPSA) is 94.1 Å². The van der Waals surface area contributed by atoms with Crippen molar-refractivity contribution >= 4 is 33.4 Å². The zero-order chi connectivity index (χ0) is 31.2. The van der Waals surface area contributed by atoms with Crippen molar-refractivity contribution in [2.75, 3.05) is 51.3 Å². The molecule has 1 unspecified atom stereocenters. The van der Waals surface area contributed by atoms with Crippen molar-refractivity contribution in [1.82, 2.24) is 25.1 Å². The number of hydrogen-bond acceptors (Lipinski definition) is 8. The van der Waals surface area contributed by atoms with E-state index in [0.29, 0.717) is 36.9 Å². The smallest absolute Gasteiger partial charge is 0.319 e. The molecular weight excluding hydrogens is 576 g/mol. The first kappa shape index (κ1) is 29.5. The lowest BCUT2D eigenvalue weighted by Gasteiger charge is -2.42. The van der Waals surface area contributed by atoms with Crippen LogP contribution in [0.2, 0.25) is 0 Å². The number of likely N-dealkylation sites (N-methyl/N-ethyl adjacent to an activating group) is 1. The third kappa shape index (κ3) is 5.64. The summed E-state index contributed by atoms with van der Waals surface area (Å²) < 4.78 is 6.37. The van der Waals surface area contributed by atoms with Crippen molar-refractivity contribution in [3.8, 4) is 22.9 Å². The lowest BCUT2D eigenvalue weighted by molar-refractivity contribution is -0.133. The maximum Gasteiger partial charge on any atom is 0.319 e. The largest absolute Gasteiger partial charge is 0.508 e. The number of aromatic hydroxyl groups is 1. The maximum atomic E-state index is 13.4. The van der Waals surface area contributed by atoms with Gasteiger partial charge in [-0.3, -0.25) is 4.79 Å². The number of rotatable bonds is 7. The van der Waals surface area contributed by atoms with Gasteiger partial charge in [-0.1, -0.05) is 30.3 Å². The van der Waals surface area contributed by atoms with Crippen LogP contribution in [-0.2, 0) is 4.79 Å². The maximum absolute atomic E-state index is 13.4. The number of piperidine rings is 1. The minimum Gasteiger partial charge on any atom is -0.508 e. The molecule has 4 atom stereocenters. The zero-order valence-corrected chi connectivity index (χ0v) is 26.7. The van der Waals surface area contributed by atoms with Crippen molar-refractivity contribution in [2.45, 2.75) is 63.1 Å². The molecule has 5 heterocycles. The molecule has 9 nitrogen and oxygen atoms in total. The summed E-state index contributed by atoms with van der Waals surface area (Å²) in [5.74, 6) is 1.89. The molecule has 0 aliphatic carbocycles. The van der Waals surface area contributed by atoms with Gasteiger partial charge in [-0.15, -0.1) is 0 Å². The number of likely N-dealkylation sites (tertiary alicyclic amines) is 2. The summed E-state index contributed by atoms with van der Waals surface area (Å²) in [6.07, 6.45) is 7.31. The van der Waals surface area contributed by atoms with E-state index in [-0.39, 0.29) is 17.8 Å². The highest BCUT2D eigenvalue weighted by Crippen LogP contribution is 2.40. The Labute approximate surface area is 270 Å². The molecule has 46 heavy (non-hydrogen) atoms. The van der Waals surface area contributed by atoms with Crippen molar-refractivity contribution in [2.24, 2.45) is 5.92 Å². The molecular formula is C37H44N6O3. The molecule has 240 valence electrons. The van der Waals surface area contributed by atoms with Crippen LogP contribution in [0.5, 0.6) is 11.8 Å². The fraction of sp³-hybridized carbons (Fsp3) is 0.486. The molecule has 4 saturated heterocycles. The van der Waals surface area contributed by atoms with Gasteiger partial charge in [0.15, 0.2) is 0 Å². The van der Waals surface area contributed by atoms with Crippen molar-refractivity contribution in [3.05, 3.63) is 54.6 Å². The Morgan fingerprint density at radius 1 is 0.978 bits per heavy atom. The lowest BCUT2D eigenvalue weighted by Crippen LogP contribution is -2.56. The van der Waals surface area contributed by atoms with Crippen LogP contribution < -0.4 is 15.0 Å². The summed E-state index contributed by atoms with van der Waals surface area (Å²) in [6.45, 7) is 5.13. The fourth-order valence-corrected chi connectivity index (χ4v) is 8.34. The van der Waals surface area contributed by atoms with Gasteiger partial charge < -0.3 is 29.9 Å². The standard InChI is InChI=1S/C37H44N6O3/c1-41-15-5-8-29(41)23-46-37-39-34-18-26(33-19-30(44)17-25-7-2-3-9-31(25)33)10-13-32(34)36(40-37)43-27-11-12-28(43)22-42(21-27)35(45)16-24-6-4-14-38-20-24/h2-3,7,9-10,13,17-19,24,27-29,38,44H,4-6,8,11-12,14-16,20-23H2,1H3/t24?,27-,28+,29-/m0/s1. The number of hydrogen-bond donors (Lipinski definition) is 2. The first-order chi connectivity index (χ1) is 22.5. The molecule has 9 heteroatoms. The van der Waals surface area contributed by atoms with Gasteiger partial charge in [-0.2, -0.15) is 9.97 Å². The molecule has 8 rings (SSSR count). The molecule has 4 aliphatic heterocycles. The van der Waals surface area contributed by atoms with Crippen LogP contribution in [0.25, 0.3) is 32.8 Å². The van der Waals surface area contributed by atoms with E-state index in [9.17, 15) is 9.90 Å². The lowest BCUT2D eigenvalue weighted by atomic mass is 9.95. The molecule has 4 aliphatic rings. The number of nitrogens with one attached hydrogen (secondary N) is 1. The van der Waals surface area contributed by atoms with E-state index in [0.717, 1.165) is 103 Å². The molecule has 0 spiro atoms. The van der Waals surface area contributed by atoms with Crippen LogP contribution >= 0.6 is 0 Å². The Balaban J connectivity index is 1.13. The summed E-state index contributed by atoms with van der Waals surface area (Å²) in [5.41, 5.74) is 2.78. The zero-order valence-electron chi connectivity index (χ0n) is 26.7. The first-order valence-electron chi connectivity index (χ1n) is 17.1. The molecule has 2 N–H and O–H groups in total. The van der Waals surface area contributed by atoms with Gasteiger partial charge in [0.2, 0.25) is 5.91 Å². The number of phenols is 1. The number of phenolic OH excluding ortho intramolecular Hbond substituents is 1. The Hall–Kier alpha value is -3.95. The van der Waals surface area contributed by atoms with Crippen molar-refractivity contribution in [3.63, 3.8) is 0 Å². The van der Waals surface area contributed by atoms with Gasteiger partial charge in [0.1, 0.15) is 18.2 Å². The average Bonchev–Trinajstić information content (AvgIpc) is 3.60. The van der Waals surface area contributed by atoms with E-state index >= 15 is 0 Å². The molecule has 0 radical (unpaired) electrons. The minimum atomic E-state index is 0.216. The van der Waals surface area contributed by atoms with Crippen LogP contribution in [0.4, 0.5) is 5.82 Å². The Kier molecular flexibility index (Phi) is 7.90. The quantitative estimate of drug-likeness (QED) is 0.291. The highest BCUT2D eigenvalue weighted by molar-refractivity contribution is 6.01. The predicted molar refractivity (Wildman–Crippen MR) is 181 cm³/mol. The number of piperazine rings is 1. The number of carbonyl (C=O) groups excluding carboxylic acids is 1. The first-order valence-corrected chi connectivity index (χ1v) is 17.1. The summed E-state index contributed by atoms with van der Waals surface area (Å²) >= 11 is 0. The van der Waals surface area contributed by atoms with Crippen LogP contribution in [0.15, 0.2) is 54.6 Å². The number of amides is 1. The average molecular weight is 621 g/mol. The molecule has 1 aromatic heterocycles. The molecule has 2 bridgehead atoms. The summed E-state index contributed by atoms with van der Waals surface area (Å²) in [5, 5.41) is 17.1. The van der Waals surface area contributed by atoms with Gasteiger partial charge in [0, 0.05) is 43.0 Å². The Bertz CT molecular complexity index is 1740. The molecule has 4 aromatic rings. The van der Waals surface area contributed by atoms with Crippen molar-refractivity contribution in [1.29, 1.82) is 0 Å². The van der Waals surface area contributed by atoms with E-state index < -0.39 is 0 Å². The van der Waals surface area contributed by atoms with Gasteiger partial charge in [0.05, 0.1) is 5.52 Å². The second-order valence-electron chi connectivity index (χ2n) is 13.9. The second kappa shape index (κ2) is 12.3. The number of fused-ring (bicyclic) bond motifs is 4.